The molecule has 1 heterocycles. The first kappa shape index (κ1) is 20.0. The predicted molar refractivity (Wildman–Crippen MR) is 94.5 cm³/mol. The smallest absolute Gasteiger partial charge is 0.244 e. The van der Waals surface area contributed by atoms with Crippen molar-refractivity contribution in [3.63, 3.8) is 0 Å². The first-order valence-electron chi connectivity index (χ1n) is 8.15. The summed E-state index contributed by atoms with van der Waals surface area (Å²) in [5, 5.41) is 4.10. The molecule has 0 aliphatic rings. The van der Waals surface area contributed by atoms with Gasteiger partial charge in [0, 0.05) is 17.8 Å². The summed E-state index contributed by atoms with van der Waals surface area (Å²) in [6, 6.07) is 5.50. The quantitative estimate of drug-likeness (QED) is 0.700. The topological polar surface area (TPSA) is 49.4 Å². The predicted octanol–water partition coefficient (Wildman–Crippen LogP) is 3.98. The van der Waals surface area contributed by atoms with Gasteiger partial charge in [0.25, 0.3) is 0 Å². The highest BCUT2D eigenvalue weighted by Gasteiger charge is 2.19. The highest BCUT2D eigenvalue weighted by atomic mass is 32.1. The summed E-state index contributed by atoms with van der Waals surface area (Å²) in [5.74, 6) is -5.32. The Morgan fingerprint density at radius 3 is 2.58 bits per heavy atom. The molecule has 26 heavy (non-hydrogen) atoms. The van der Waals surface area contributed by atoms with E-state index in [1.165, 1.54) is 4.90 Å². The van der Waals surface area contributed by atoms with Crippen LogP contribution in [0.15, 0.2) is 29.6 Å². The van der Waals surface area contributed by atoms with Crippen LogP contribution >= 0.6 is 11.3 Å². The van der Waals surface area contributed by atoms with Crippen LogP contribution in [0.5, 0.6) is 0 Å². The molecular formula is C18H19F3N2O2S. The number of anilines is 1. The van der Waals surface area contributed by atoms with Gasteiger partial charge in [0.15, 0.2) is 17.5 Å². The summed E-state index contributed by atoms with van der Waals surface area (Å²) in [4.78, 5) is 26.9. The molecule has 2 aromatic rings. The number of amides is 2. The average molecular weight is 384 g/mol. The number of halogens is 3. The van der Waals surface area contributed by atoms with E-state index in [2.05, 4.69) is 5.32 Å². The maximum Gasteiger partial charge on any atom is 0.244 e. The molecule has 0 aliphatic carbocycles. The van der Waals surface area contributed by atoms with Crippen molar-refractivity contribution in [3.05, 3.63) is 52.0 Å². The van der Waals surface area contributed by atoms with Gasteiger partial charge in [-0.25, -0.2) is 13.2 Å². The second-order valence-corrected chi connectivity index (χ2v) is 6.70. The molecule has 0 bridgehead atoms. The molecule has 0 fully saturated rings. The minimum atomic E-state index is -1.65. The molecule has 0 spiro atoms. The zero-order chi connectivity index (χ0) is 19.1. The SMILES string of the molecule is CCCN(CC(=O)Nc1ccc(F)c(F)c1F)C(=O)CCc1cccs1. The van der Waals surface area contributed by atoms with Crippen LogP contribution in [0.3, 0.4) is 0 Å². The van der Waals surface area contributed by atoms with E-state index < -0.39 is 29.0 Å². The van der Waals surface area contributed by atoms with Crippen LogP contribution in [0.25, 0.3) is 0 Å². The largest absolute Gasteiger partial charge is 0.333 e. The van der Waals surface area contributed by atoms with Crippen LogP contribution in [0.2, 0.25) is 0 Å². The molecule has 8 heteroatoms. The van der Waals surface area contributed by atoms with E-state index in [0.717, 1.165) is 17.0 Å². The molecule has 2 rings (SSSR count). The van der Waals surface area contributed by atoms with Gasteiger partial charge in [0.05, 0.1) is 12.2 Å². The Morgan fingerprint density at radius 2 is 1.92 bits per heavy atom. The monoisotopic (exact) mass is 384 g/mol. The number of nitrogens with zero attached hydrogens (tertiary/aromatic N) is 1. The zero-order valence-corrected chi connectivity index (χ0v) is 15.0. The maximum absolute atomic E-state index is 13.6. The van der Waals surface area contributed by atoms with E-state index in [1.54, 1.807) is 11.3 Å². The lowest BCUT2D eigenvalue weighted by atomic mass is 10.2. The van der Waals surface area contributed by atoms with Crippen molar-refractivity contribution in [1.29, 1.82) is 0 Å². The number of hydrogen-bond acceptors (Lipinski definition) is 3. The van der Waals surface area contributed by atoms with Gasteiger partial charge in [-0.05, 0) is 36.4 Å². The van der Waals surface area contributed by atoms with Crippen molar-refractivity contribution in [2.24, 2.45) is 0 Å². The summed E-state index contributed by atoms with van der Waals surface area (Å²) in [6.45, 7) is 1.96. The molecule has 0 radical (unpaired) electrons. The summed E-state index contributed by atoms with van der Waals surface area (Å²) < 4.78 is 39.8. The minimum Gasteiger partial charge on any atom is -0.333 e. The standard InChI is InChI=1S/C18H19F3N2O2S/c1-2-9-23(16(25)8-5-12-4-3-10-26-12)11-15(24)22-14-7-6-13(19)17(20)18(14)21/h3-4,6-7,10H,2,5,8-9,11H2,1H3,(H,22,24). The van der Waals surface area contributed by atoms with Crippen molar-refractivity contribution in [2.75, 3.05) is 18.4 Å². The van der Waals surface area contributed by atoms with Gasteiger partial charge in [-0.3, -0.25) is 9.59 Å². The molecule has 4 nitrogen and oxygen atoms in total. The van der Waals surface area contributed by atoms with Crippen molar-refractivity contribution < 1.29 is 22.8 Å². The second kappa shape index (κ2) is 9.38. The third-order valence-corrected chi connectivity index (χ3v) is 4.59. The van der Waals surface area contributed by atoms with Crippen LogP contribution in [-0.4, -0.2) is 29.8 Å². The fraction of sp³-hybridized carbons (Fsp3) is 0.333. The van der Waals surface area contributed by atoms with Crippen molar-refractivity contribution in [1.82, 2.24) is 4.90 Å². The summed E-state index contributed by atoms with van der Waals surface area (Å²) in [5.41, 5.74) is -0.462. The first-order chi connectivity index (χ1) is 12.4. The Morgan fingerprint density at radius 1 is 1.15 bits per heavy atom. The maximum atomic E-state index is 13.6. The van der Waals surface area contributed by atoms with Crippen LogP contribution in [0.1, 0.15) is 24.6 Å². The number of hydrogen-bond donors (Lipinski definition) is 1. The molecule has 2 amide bonds. The lowest BCUT2D eigenvalue weighted by Crippen LogP contribution is -2.38. The van der Waals surface area contributed by atoms with Gasteiger partial charge < -0.3 is 10.2 Å². The first-order valence-corrected chi connectivity index (χ1v) is 9.03. The fourth-order valence-corrected chi connectivity index (χ4v) is 3.10. The minimum absolute atomic E-state index is 0.193. The number of rotatable bonds is 8. The molecule has 1 aromatic heterocycles. The Bertz CT molecular complexity index is 766. The van der Waals surface area contributed by atoms with Crippen molar-refractivity contribution in [3.8, 4) is 0 Å². The Kier molecular flexibility index (Phi) is 7.20. The lowest BCUT2D eigenvalue weighted by Gasteiger charge is -2.21. The molecule has 0 atom stereocenters. The van der Waals surface area contributed by atoms with E-state index in [1.807, 2.05) is 24.4 Å². The number of aryl methyl sites for hydroxylation is 1. The fourth-order valence-electron chi connectivity index (χ4n) is 2.39. The van der Waals surface area contributed by atoms with Crippen molar-refractivity contribution in [2.45, 2.75) is 26.2 Å². The van der Waals surface area contributed by atoms with Gasteiger partial charge in [-0.15, -0.1) is 11.3 Å². The molecule has 0 aliphatic heterocycles. The van der Waals surface area contributed by atoms with Gasteiger partial charge in [0.2, 0.25) is 11.8 Å². The average Bonchev–Trinajstić information content (AvgIpc) is 3.13. The van der Waals surface area contributed by atoms with Crippen LogP contribution in [0.4, 0.5) is 18.9 Å². The van der Waals surface area contributed by atoms with Crippen LogP contribution in [0, 0.1) is 17.5 Å². The summed E-state index contributed by atoms with van der Waals surface area (Å²) in [6.07, 6.45) is 1.49. The van der Waals surface area contributed by atoms with Gasteiger partial charge in [-0.2, -0.15) is 0 Å². The number of nitrogens with one attached hydrogen (secondary N) is 1. The third-order valence-electron chi connectivity index (χ3n) is 3.66. The highest BCUT2D eigenvalue weighted by molar-refractivity contribution is 7.09. The molecule has 0 unspecified atom stereocenters. The van der Waals surface area contributed by atoms with E-state index in [0.29, 0.717) is 19.4 Å². The molecule has 1 aromatic carbocycles. The molecule has 0 saturated heterocycles. The molecular weight excluding hydrogens is 365 g/mol. The van der Waals surface area contributed by atoms with Gasteiger partial charge in [-0.1, -0.05) is 13.0 Å². The van der Waals surface area contributed by atoms with Gasteiger partial charge in [0.1, 0.15) is 0 Å². The summed E-state index contributed by atoms with van der Waals surface area (Å²) in [7, 11) is 0. The second-order valence-electron chi connectivity index (χ2n) is 5.67. The Hall–Kier alpha value is -2.35. The van der Waals surface area contributed by atoms with E-state index in [4.69, 9.17) is 0 Å². The number of carbonyl (C=O) groups is 2. The molecule has 0 saturated carbocycles. The number of thiophene rings is 1. The third kappa shape index (κ3) is 5.32. The highest BCUT2D eigenvalue weighted by Crippen LogP contribution is 2.19. The Labute approximate surface area is 153 Å². The van der Waals surface area contributed by atoms with Crippen LogP contribution < -0.4 is 5.32 Å². The zero-order valence-electron chi connectivity index (χ0n) is 14.2. The molecule has 140 valence electrons. The Balaban J connectivity index is 1.96. The van der Waals surface area contributed by atoms with Gasteiger partial charge >= 0.3 is 0 Å². The van der Waals surface area contributed by atoms with E-state index >= 15 is 0 Å². The molecule has 1 N–H and O–H groups in total. The van der Waals surface area contributed by atoms with Crippen LogP contribution in [-0.2, 0) is 16.0 Å². The normalized spacial score (nSPS) is 10.6. The number of benzene rings is 1. The lowest BCUT2D eigenvalue weighted by molar-refractivity contribution is -0.134. The van der Waals surface area contributed by atoms with E-state index in [9.17, 15) is 22.8 Å². The number of carbonyl (C=O) groups excluding carboxylic acids is 2. The van der Waals surface area contributed by atoms with E-state index in [-0.39, 0.29) is 18.9 Å². The van der Waals surface area contributed by atoms with Crippen molar-refractivity contribution >= 4 is 28.8 Å². The summed E-state index contributed by atoms with van der Waals surface area (Å²) >= 11 is 1.55.